The van der Waals surface area contributed by atoms with Crippen LogP contribution < -0.4 is 10.5 Å². The Balaban J connectivity index is 2.22. The van der Waals surface area contributed by atoms with Crippen molar-refractivity contribution in [3.63, 3.8) is 0 Å². The first kappa shape index (κ1) is 12.1. The van der Waals surface area contributed by atoms with Gasteiger partial charge in [-0.2, -0.15) is 10.2 Å². The first-order chi connectivity index (χ1) is 9.60. The van der Waals surface area contributed by atoms with Crippen LogP contribution >= 0.6 is 0 Å². The Morgan fingerprint density at radius 3 is 3.00 bits per heavy atom. The van der Waals surface area contributed by atoms with Crippen molar-refractivity contribution in [2.24, 2.45) is 5.73 Å². The molecule has 0 amide bonds. The zero-order chi connectivity index (χ0) is 14.3. The topological polar surface area (TPSA) is 108 Å². The van der Waals surface area contributed by atoms with Crippen LogP contribution in [0.2, 0.25) is 0 Å². The maximum absolute atomic E-state index is 9.63. The molecule has 20 heavy (non-hydrogen) atoms. The molecule has 1 aliphatic heterocycles. The number of rotatable bonds is 1. The number of allylic oxidation sites excluding steroid dienone is 1. The van der Waals surface area contributed by atoms with E-state index < -0.39 is 5.92 Å². The van der Waals surface area contributed by atoms with E-state index in [0.717, 1.165) is 5.56 Å². The number of aromatic nitrogens is 2. The number of H-pyrrole nitrogens is 1. The SMILES string of the molecule is Cc1nc2c([nH]1)C(c1cccc(O)c1)C(C#N)=C(N)O2. The average Bonchev–Trinajstić information content (AvgIpc) is 2.76. The monoisotopic (exact) mass is 268 g/mol. The van der Waals surface area contributed by atoms with Crippen molar-refractivity contribution in [2.75, 3.05) is 0 Å². The van der Waals surface area contributed by atoms with E-state index >= 15 is 0 Å². The van der Waals surface area contributed by atoms with E-state index in [1.807, 2.05) is 6.07 Å². The summed E-state index contributed by atoms with van der Waals surface area (Å²) in [6, 6.07) is 8.78. The van der Waals surface area contributed by atoms with Crippen LogP contribution in [-0.2, 0) is 0 Å². The summed E-state index contributed by atoms with van der Waals surface area (Å²) in [5, 5.41) is 19.0. The van der Waals surface area contributed by atoms with Gasteiger partial charge in [0.05, 0.1) is 11.6 Å². The van der Waals surface area contributed by atoms with Crippen molar-refractivity contribution < 1.29 is 9.84 Å². The summed E-state index contributed by atoms with van der Waals surface area (Å²) in [6.07, 6.45) is 0. The van der Waals surface area contributed by atoms with E-state index in [1.54, 1.807) is 25.1 Å². The fourth-order valence-corrected chi connectivity index (χ4v) is 2.37. The van der Waals surface area contributed by atoms with Crippen LogP contribution in [0.25, 0.3) is 0 Å². The molecule has 0 fully saturated rings. The minimum atomic E-state index is -0.419. The van der Waals surface area contributed by atoms with Gasteiger partial charge < -0.3 is 20.6 Å². The Bertz CT molecular complexity index is 755. The number of aryl methyl sites for hydroxylation is 1. The summed E-state index contributed by atoms with van der Waals surface area (Å²) in [7, 11) is 0. The van der Waals surface area contributed by atoms with Crippen LogP contribution in [-0.4, -0.2) is 15.1 Å². The van der Waals surface area contributed by atoms with Gasteiger partial charge in [-0.05, 0) is 24.6 Å². The number of aromatic amines is 1. The Morgan fingerprint density at radius 2 is 2.30 bits per heavy atom. The quantitative estimate of drug-likeness (QED) is 0.728. The molecule has 1 unspecified atom stereocenters. The van der Waals surface area contributed by atoms with Crippen molar-refractivity contribution in [2.45, 2.75) is 12.8 Å². The molecule has 6 heteroatoms. The maximum Gasteiger partial charge on any atom is 0.243 e. The number of aromatic hydroxyl groups is 1. The molecule has 0 bridgehead atoms. The number of hydrogen-bond donors (Lipinski definition) is 3. The lowest BCUT2D eigenvalue weighted by Crippen LogP contribution is -2.21. The summed E-state index contributed by atoms with van der Waals surface area (Å²) >= 11 is 0. The summed E-state index contributed by atoms with van der Waals surface area (Å²) in [5.41, 5.74) is 7.51. The van der Waals surface area contributed by atoms with E-state index in [1.165, 1.54) is 0 Å². The number of fused-ring (bicyclic) bond motifs is 1. The molecular weight excluding hydrogens is 256 g/mol. The van der Waals surface area contributed by atoms with Gasteiger partial charge in [0, 0.05) is 0 Å². The molecular formula is C14H12N4O2. The third-order valence-electron chi connectivity index (χ3n) is 3.19. The number of imidazole rings is 1. The molecule has 1 aliphatic rings. The highest BCUT2D eigenvalue weighted by molar-refractivity contribution is 5.52. The van der Waals surface area contributed by atoms with E-state index in [0.29, 0.717) is 23.0 Å². The summed E-state index contributed by atoms with van der Waals surface area (Å²) in [4.78, 5) is 7.30. The Hall–Kier alpha value is -2.94. The zero-order valence-corrected chi connectivity index (χ0v) is 10.7. The van der Waals surface area contributed by atoms with E-state index in [4.69, 9.17) is 10.5 Å². The molecule has 0 aliphatic carbocycles. The molecule has 1 atom stereocenters. The molecule has 3 rings (SSSR count). The number of phenolic OH excluding ortho intramolecular Hbond substituents is 1. The number of nitrogens with one attached hydrogen (secondary N) is 1. The second kappa shape index (κ2) is 4.31. The summed E-state index contributed by atoms with van der Waals surface area (Å²) in [5.74, 6) is 0.791. The third kappa shape index (κ3) is 1.77. The first-order valence-electron chi connectivity index (χ1n) is 6.03. The van der Waals surface area contributed by atoms with Gasteiger partial charge >= 0.3 is 0 Å². The summed E-state index contributed by atoms with van der Waals surface area (Å²) < 4.78 is 5.37. The largest absolute Gasteiger partial charge is 0.508 e. The first-order valence-corrected chi connectivity index (χ1v) is 6.03. The van der Waals surface area contributed by atoms with Gasteiger partial charge in [0.2, 0.25) is 11.8 Å². The second-order valence-corrected chi connectivity index (χ2v) is 4.56. The lowest BCUT2D eigenvalue weighted by molar-refractivity contribution is 0.379. The molecule has 1 aromatic carbocycles. The normalized spacial score (nSPS) is 17.3. The van der Waals surface area contributed by atoms with Crippen LogP contribution in [0.3, 0.4) is 0 Å². The molecule has 1 aromatic heterocycles. The van der Waals surface area contributed by atoms with Crippen molar-refractivity contribution in [1.29, 1.82) is 5.26 Å². The number of phenols is 1. The van der Waals surface area contributed by atoms with Gasteiger partial charge in [-0.15, -0.1) is 0 Å². The number of nitrogens with two attached hydrogens (primary N) is 1. The predicted octanol–water partition coefficient (Wildman–Crippen LogP) is 1.64. The third-order valence-corrected chi connectivity index (χ3v) is 3.19. The van der Waals surface area contributed by atoms with Crippen LogP contribution in [0.15, 0.2) is 35.7 Å². The fraction of sp³-hybridized carbons (Fsp3) is 0.143. The number of benzene rings is 1. The van der Waals surface area contributed by atoms with Crippen molar-refractivity contribution in [3.05, 3.63) is 52.8 Å². The van der Waals surface area contributed by atoms with Crippen molar-refractivity contribution >= 4 is 0 Å². The molecule has 0 saturated heterocycles. The molecule has 2 aromatic rings. The lowest BCUT2D eigenvalue weighted by atomic mass is 9.88. The number of hydrogen-bond acceptors (Lipinski definition) is 5. The zero-order valence-electron chi connectivity index (χ0n) is 10.7. The van der Waals surface area contributed by atoms with Gasteiger partial charge in [-0.3, -0.25) is 0 Å². The standard InChI is InChI=1S/C14H12N4O2/c1-7-17-12-11(8-3-2-4-9(19)5-8)10(6-15)13(16)20-14(12)18-7/h2-5,11,19H,16H2,1H3,(H,17,18). The lowest BCUT2D eigenvalue weighted by Gasteiger charge is -2.22. The average molecular weight is 268 g/mol. The van der Waals surface area contributed by atoms with Crippen LogP contribution in [0, 0.1) is 18.3 Å². The molecule has 0 saturated carbocycles. The molecule has 0 spiro atoms. The van der Waals surface area contributed by atoms with Crippen LogP contribution in [0.5, 0.6) is 11.6 Å². The Morgan fingerprint density at radius 1 is 1.50 bits per heavy atom. The molecule has 4 N–H and O–H groups in total. The minimum absolute atomic E-state index is 0.0415. The van der Waals surface area contributed by atoms with Gasteiger partial charge in [-0.25, -0.2) is 0 Å². The highest BCUT2D eigenvalue weighted by atomic mass is 16.5. The van der Waals surface area contributed by atoms with Gasteiger partial charge in [0.25, 0.3) is 0 Å². The van der Waals surface area contributed by atoms with Crippen molar-refractivity contribution in [1.82, 2.24) is 9.97 Å². The van der Waals surface area contributed by atoms with Crippen LogP contribution in [0.4, 0.5) is 0 Å². The van der Waals surface area contributed by atoms with E-state index in [2.05, 4.69) is 16.0 Å². The van der Waals surface area contributed by atoms with Gasteiger partial charge in [-0.1, -0.05) is 12.1 Å². The molecule has 100 valence electrons. The second-order valence-electron chi connectivity index (χ2n) is 4.56. The fourth-order valence-electron chi connectivity index (χ4n) is 2.37. The highest BCUT2D eigenvalue weighted by Gasteiger charge is 2.33. The Labute approximate surface area is 115 Å². The molecule has 0 radical (unpaired) electrons. The van der Waals surface area contributed by atoms with Gasteiger partial charge in [0.15, 0.2) is 0 Å². The number of nitrogens with zero attached hydrogens (tertiary/aromatic N) is 2. The minimum Gasteiger partial charge on any atom is -0.508 e. The summed E-state index contributed by atoms with van der Waals surface area (Å²) in [6.45, 7) is 1.80. The van der Waals surface area contributed by atoms with Gasteiger partial charge in [0.1, 0.15) is 23.2 Å². The smallest absolute Gasteiger partial charge is 0.243 e. The molecule has 6 nitrogen and oxygen atoms in total. The Kier molecular flexibility index (Phi) is 2.61. The number of nitriles is 1. The van der Waals surface area contributed by atoms with E-state index in [9.17, 15) is 10.4 Å². The number of ether oxygens (including phenoxy) is 1. The van der Waals surface area contributed by atoms with Crippen molar-refractivity contribution in [3.8, 4) is 17.7 Å². The molecule has 2 heterocycles. The maximum atomic E-state index is 9.63. The highest BCUT2D eigenvalue weighted by Crippen LogP contribution is 2.40. The predicted molar refractivity (Wildman–Crippen MR) is 70.7 cm³/mol. The van der Waals surface area contributed by atoms with E-state index in [-0.39, 0.29) is 11.6 Å². The van der Waals surface area contributed by atoms with Crippen LogP contribution in [0.1, 0.15) is 23.0 Å².